The van der Waals surface area contributed by atoms with Crippen LogP contribution in [0.1, 0.15) is 21.5 Å². The molecule has 0 aliphatic carbocycles. The second kappa shape index (κ2) is 8.48. The molecule has 0 aliphatic heterocycles. The van der Waals surface area contributed by atoms with E-state index in [-0.39, 0.29) is 11.7 Å². The lowest BCUT2D eigenvalue weighted by Crippen LogP contribution is -2.18. The third-order valence-corrected chi connectivity index (χ3v) is 3.68. The van der Waals surface area contributed by atoms with Crippen molar-refractivity contribution in [3.05, 3.63) is 95.6 Å². The molecule has 3 aromatic rings. The van der Waals surface area contributed by atoms with Crippen molar-refractivity contribution in [1.82, 2.24) is 5.43 Å². The van der Waals surface area contributed by atoms with Crippen LogP contribution in [-0.2, 0) is 6.61 Å². The molecule has 0 aliphatic rings. The summed E-state index contributed by atoms with van der Waals surface area (Å²) in [6.45, 7) is 0.367. The maximum Gasteiger partial charge on any atom is 0.275 e. The van der Waals surface area contributed by atoms with E-state index in [0.717, 1.165) is 5.56 Å². The number of benzene rings is 3. The molecule has 5 nitrogen and oxygen atoms in total. The SMILES string of the molecule is O=C(N/N=C/c1ccccc1O)c1ccccc1OCc1ccccc1. The molecule has 1 amide bonds. The highest BCUT2D eigenvalue weighted by Gasteiger charge is 2.11. The fourth-order valence-electron chi connectivity index (χ4n) is 2.33. The number of nitrogens with zero attached hydrogens (tertiary/aromatic N) is 1. The second-order valence-corrected chi connectivity index (χ2v) is 5.53. The highest BCUT2D eigenvalue weighted by molar-refractivity contribution is 5.97. The molecule has 2 N–H and O–H groups in total. The zero-order chi connectivity index (χ0) is 18.2. The van der Waals surface area contributed by atoms with E-state index in [1.54, 1.807) is 42.5 Å². The number of carbonyl (C=O) groups is 1. The molecule has 0 atom stereocenters. The Morgan fingerprint density at radius 3 is 2.46 bits per heavy atom. The number of nitrogens with one attached hydrogen (secondary N) is 1. The Morgan fingerprint density at radius 2 is 1.65 bits per heavy atom. The van der Waals surface area contributed by atoms with E-state index in [1.165, 1.54) is 6.21 Å². The molecule has 0 spiro atoms. The third-order valence-electron chi connectivity index (χ3n) is 3.68. The smallest absolute Gasteiger partial charge is 0.275 e. The maximum absolute atomic E-state index is 12.4. The molecule has 0 aromatic heterocycles. The van der Waals surface area contributed by atoms with Gasteiger partial charge in [-0.15, -0.1) is 0 Å². The quantitative estimate of drug-likeness (QED) is 0.528. The molecule has 3 rings (SSSR count). The first-order valence-corrected chi connectivity index (χ1v) is 8.11. The summed E-state index contributed by atoms with van der Waals surface area (Å²) >= 11 is 0. The minimum absolute atomic E-state index is 0.0945. The van der Waals surface area contributed by atoms with Gasteiger partial charge in [0.1, 0.15) is 18.1 Å². The van der Waals surface area contributed by atoms with Crippen LogP contribution in [0.2, 0.25) is 0 Å². The van der Waals surface area contributed by atoms with Crippen LogP contribution in [0.15, 0.2) is 84.0 Å². The molecule has 130 valence electrons. The molecule has 0 saturated heterocycles. The summed E-state index contributed by atoms with van der Waals surface area (Å²) in [5, 5.41) is 13.6. The van der Waals surface area contributed by atoms with Crippen LogP contribution in [-0.4, -0.2) is 17.2 Å². The van der Waals surface area contributed by atoms with Crippen molar-refractivity contribution >= 4 is 12.1 Å². The average Bonchev–Trinajstić information content (AvgIpc) is 2.69. The van der Waals surface area contributed by atoms with Crippen molar-refractivity contribution in [3.63, 3.8) is 0 Å². The molecule has 26 heavy (non-hydrogen) atoms. The van der Waals surface area contributed by atoms with E-state index in [2.05, 4.69) is 10.5 Å². The molecule has 0 bridgehead atoms. The zero-order valence-corrected chi connectivity index (χ0v) is 14.0. The molecule has 0 unspecified atom stereocenters. The van der Waals surface area contributed by atoms with E-state index >= 15 is 0 Å². The van der Waals surface area contributed by atoms with Gasteiger partial charge in [-0.3, -0.25) is 4.79 Å². The number of hydrazone groups is 1. The van der Waals surface area contributed by atoms with E-state index in [0.29, 0.717) is 23.5 Å². The second-order valence-electron chi connectivity index (χ2n) is 5.53. The largest absolute Gasteiger partial charge is 0.507 e. The van der Waals surface area contributed by atoms with Crippen molar-refractivity contribution in [2.75, 3.05) is 0 Å². The molecule has 0 radical (unpaired) electrons. The van der Waals surface area contributed by atoms with Crippen LogP contribution in [0, 0.1) is 0 Å². The van der Waals surface area contributed by atoms with Gasteiger partial charge in [-0.25, -0.2) is 5.43 Å². The number of hydrogen-bond donors (Lipinski definition) is 2. The number of phenolic OH excluding ortho intramolecular Hbond substituents is 1. The summed E-state index contributed by atoms with van der Waals surface area (Å²) in [5.74, 6) is 0.184. The summed E-state index contributed by atoms with van der Waals surface area (Å²) in [7, 11) is 0. The molecular formula is C21H18N2O3. The van der Waals surface area contributed by atoms with Crippen molar-refractivity contribution in [3.8, 4) is 11.5 Å². The Labute approximate surface area is 151 Å². The number of rotatable bonds is 6. The average molecular weight is 346 g/mol. The Kier molecular flexibility index (Phi) is 5.62. The Bertz CT molecular complexity index is 908. The molecule has 0 saturated carbocycles. The summed E-state index contributed by atoms with van der Waals surface area (Å²) in [5.41, 5.74) is 4.37. The maximum atomic E-state index is 12.4. The van der Waals surface area contributed by atoms with Gasteiger partial charge < -0.3 is 9.84 Å². The standard InChI is InChI=1S/C21H18N2O3/c24-19-12-6-4-10-17(19)14-22-23-21(25)18-11-5-7-13-20(18)26-15-16-8-2-1-3-9-16/h1-14,24H,15H2,(H,23,25)/b22-14+. The zero-order valence-electron chi connectivity index (χ0n) is 14.0. The predicted octanol–water partition coefficient (Wildman–Crippen LogP) is 3.74. The summed E-state index contributed by atoms with van der Waals surface area (Å²) in [6.07, 6.45) is 1.39. The predicted molar refractivity (Wildman–Crippen MR) is 100 cm³/mol. The van der Waals surface area contributed by atoms with Crippen molar-refractivity contribution in [2.24, 2.45) is 5.10 Å². The van der Waals surface area contributed by atoms with Crippen molar-refractivity contribution in [2.45, 2.75) is 6.61 Å². The lowest BCUT2D eigenvalue weighted by Gasteiger charge is -2.10. The Morgan fingerprint density at radius 1 is 0.962 bits per heavy atom. The van der Waals surface area contributed by atoms with Gasteiger partial charge in [0.05, 0.1) is 11.8 Å². The van der Waals surface area contributed by atoms with Gasteiger partial charge in [0, 0.05) is 5.56 Å². The van der Waals surface area contributed by atoms with E-state index < -0.39 is 0 Å². The molecule has 3 aromatic carbocycles. The normalized spacial score (nSPS) is 10.6. The lowest BCUT2D eigenvalue weighted by atomic mass is 10.2. The van der Waals surface area contributed by atoms with Crippen molar-refractivity contribution < 1.29 is 14.6 Å². The van der Waals surface area contributed by atoms with Crippen LogP contribution in [0.5, 0.6) is 11.5 Å². The van der Waals surface area contributed by atoms with Crippen LogP contribution in [0.4, 0.5) is 0 Å². The van der Waals surface area contributed by atoms with Gasteiger partial charge in [0.25, 0.3) is 5.91 Å². The van der Waals surface area contributed by atoms with Crippen LogP contribution >= 0.6 is 0 Å². The van der Waals surface area contributed by atoms with Gasteiger partial charge in [-0.05, 0) is 29.8 Å². The number of hydrogen-bond acceptors (Lipinski definition) is 4. The number of para-hydroxylation sites is 2. The summed E-state index contributed by atoms with van der Waals surface area (Å²) in [4.78, 5) is 12.4. The number of carbonyl (C=O) groups excluding carboxylic acids is 1. The van der Waals surface area contributed by atoms with Gasteiger partial charge in [-0.2, -0.15) is 5.10 Å². The van der Waals surface area contributed by atoms with Gasteiger partial charge >= 0.3 is 0 Å². The van der Waals surface area contributed by atoms with Crippen LogP contribution in [0.3, 0.4) is 0 Å². The minimum Gasteiger partial charge on any atom is -0.507 e. The summed E-state index contributed by atoms with van der Waals surface area (Å²) in [6, 6.07) is 23.4. The molecular weight excluding hydrogens is 328 g/mol. The first-order chi connectivity index (χ1) is 12.7. The third kappa shape index (κ3) is 4.48. The molecule has 0 heterocycles. The van der Waals surface area contributed by atoms with Gasteiger partial charge in [-0.1, -0.05) is 54.6 Å². The monoisotopic (exact) mass is 346 g/mol. The van der Waals surface area contributed by atoms with Crippen LogP contribution < -0.4 is 10.2 Å². The van der Waals surface area contributed by atoms with E-state index in [4.69, 9.17) is 4.74 Å². The number of phenols is 1. The fraction of sp³-hybridized carbons (Fsp3) is 0.0476. The van der Waals surface area contributed by atoms with Crippen LogP contribution in [0.25, 0.3) is 0 Å². The van der Waals surface area contributed by atoms with Gasteiger partial charge in [0.15, 0.2) is 0 Å². The van der Waals surface area contributed by atoms with E-state index in [1.807, 2.05) is 36.4 Å². The Hall–Kier alpha value is -3.60. The topological polar surface area (TPSA) is 70.9 Å². The highest BCUT2D eigenvalue weighted by atomic mass is 16.5. The first kappa shape index (κ1) is 17.2. The fourth-order valence-corrected chi connectivity index (χ4v) is 2.33. The Balaban J connectivity index is 1.67. The van der Waals surface area contributed by atoms with Crippen molar-refractivity contribution in [1.29, 1.82) is 0 Å². The lowest BCUT2D eigenvalue weighted by molar-refractivity contribution is 0.0950. The minimum atomic E-state index is -0.389. The van der Waals surface area contributed by atoms with Gasteiger partial charge in [0.2, 0.25) is 0 Å². The number of amides is 1. The number of ether oxygens (including phenoxy) is 1. The molecule has 5 heteroatoms. The van der Waals surface area contributed by atoms with E-state index in [9.17, 15) is 9.90 Å². The first-order valence-electron chi connectivity index (χ1n) is 8.11. The number of aromatic hydroxyl groups is 1. The highest BCUT2D eigenvalue weighted by Crippen LogP contribution is 2.19. The molecule has 0 fully saturated rings. The summed E-state index contributed by atoms with van der Waals surface area (Å²) < 4.78 is 5.78.